The number of rotatable bonds is 4. The molecule has 1 aliphatic rings. The Kier molecular flexibility index (Phi) is 3.96. The average Bonchev–Trinajstić information content (AvgIpc) is 2.89. The molecule has 0 saturated carbocycles. The highest BCUT2D eigenvalue weighted by molar-refractivity contribution is 5.83. The summed E-state index contributed by atoms with van der Waals surface area (Å²) in [5, 5.41) is 9.10. The number of nitrogens with zero attached hydrogens (tertiary/aromatic N) is 3. The molecule has 2 rings (SSSR count). The van der Waals surface area contributed by atoms with Crippen LogP contribution in [0.3, 0.4) is 0 Å². The van der Waals surface area contributed by atoms with Crippen LogP contribution < -0.4 is 0 Å². The molecule has 1 fully saturated rings. The van der Waals surface area contributed by atoms with E-state index in [0.717, 1.165) is 12.8 Å². The molecule has 1 saturated heterocycles. The van der Waals surface area contributed by atoms with Gasteiger partial charge in [-0.25, -0.2) is 9.78 Å². The first kappa shape index (κ1) is 12.6. The zero-order valence-electron chi connectivity index (χ0n) is 10.2. The van der Waals surface area contributed by atoms with Crippen molar-refractivity contribution in [3.8, 4) is 0 Å². The number of imidazole rings is 1. The van der Waals surface area contributed by atoms with E-state index < -0.39 is 12.0 Å². The number of carbonyl (C=O) groups excluding carboxylic acids is 1. The molecule has 0 aromatic carbocycles. The van der Waals surface area contributed by atoms with Crippen LogP contribution in [0.1, 0.15) is 25.7 Å². The molecule has 6 nitrogen and oxygen atoms in total. The largest absolute Gasteiger partial charge is 0.480 e. The fraction of sp³-hybridized carbons (Fsp3) is 0.583. The van der Waals surface area contributed by atoms with E-state index in [0.29, 0.717) is 25.9 Å². The van der Waals surface area contributed by atoms with Gasteiger partial charge in [0.05, 0.1) is 6.33 Å². The third kappa shape index (κ3) is 2.88. The topological polar surface area (TPSA) is 75.4 Å². The van der Waals surface area contributed by atoms with Crippen LogP contribution >= 0.6 is 0 Å². The normalized spacial score (nSPS) is 19.8. The van der Waals surface area contributed by atoms with E-state index in [1.165, 1.54) is 4.90 Å². The van der Waals surface area contributed by atoms with E-state index in [1.807, 2.05) is 4.57 Å². The van der Waals surface area contributed by atoms with Gasteiger partial charge >= 0.3 is 5.97 Å². The van der Waals surface area contributed by atoms with Crippen LogP contribution in [0.15, 0.2) is 18.7 Å². The first-order valence-corrected chi connectivity index (χ1v) is 6.16. The number of aliphatic carboxylic acids is 1. The molecule has 1 aliphatic heterocycles. The van der Waals surface area contributed by atoms with E-state index in [4.69, 9.17) is 5.11 Å². The minimum absolute atomic E-state index is 0.0872. The molecule has 0 bridgehead atoms. The van der Waals surface area contributed by atoms with Gasteiger partial charge in [0.2, 0.25) is 5.91 Å². The molecule has 1 N–H and O–H groups in total. The van der Waals surface area contributed by atoms with Crippen molar-refractivity contribution >= 4 is 11.9 Å². The van der Waals surface area contributed by atoms with Crippen LogP contribution in [0, 0.1) is 0 Å². The van der Waals surface area contributed by atoms with Crippen LogP contribution in [0.4, 0.5) is 0 Å². The summed E-state index contributed by atoms with van der Waals surface area (Å²) in [6.45, 7) is 1.10. The third-order valence-electron chi connectivity index (χ3n) is 3.25. The molecule has 0 aliphatic carbocycles. The minimum Gasteiger partial charge on any atom is -0.480 e. The van der Waals surface area contributed by atoms with Crippen molar-refractivity contribution in [3.63, 3.8) is 0 Å². The molecule has 1 atom stereocenters. The van der Waals surface area contributed by atoms with Gasteiger partial charge in [-0.3, -0.25) is 4.79 Å². The first-order valence-electron chi connectivity index (χ1n) is 6.16. The maximum Gasteiger partial charge on any atom is 0.326 e. The van der Waals surface area contributed by atoms with Crippen molar-refractivity contribution in [2.24, 2.45) is 0 Å². The molecule has 1 amide bonds. The zero-order valence-corrected chi connectivity index (χ0v) is 10.2. The Bertz CT molecular complexity index is 416. The predicted octanol–water partition coefficient (Wildman–Crippen LogP) is 0.739. The predicted molar refractivity (Wildman–Crippen MR) is 63.8 cm³/mol. The Hall–Kier alpha value is -1.85. The lowest BCUT2D eigenvalue weighted by atomic mass is 10.0. The summed E-state index contributed by atoms with van der Waals surface area (Å²) < 4.78 is 1.82. The number of likely N-dealkylation sites (tertiary alicyclic amines) is 1. The Balaban J connectivity index is 1.92. The number of carboxylic acids is 1. The van der Waals surface area contributed by atoms with E-state index in [-0.39, 0.29) is 5.91 Å². The lowest BCUT2D eigenvalue weighted by Crippen LogP contribution is -2.48. The van der Waals surface area contributed by atoms with Gasteiger partial charge in [-0.2, -0.15) is 0 Å². The molecule has 6 heteroatoms. The summed E-state index contributed by atoms with van der Waals surface area (Å²) in [4.78, 5) is 28.5. The smallest absolute Gasteiger partial charge is 0.326 e. The maximum absolute atomic E-state index is 12.0. The number of aromatic nitrogens is 2. The second-order valence-corrected chi connectivity index (χ2v) is 4.49. The van der Waals surface area contributed by atoms with Crippen molar-refractivity contribution in [1.29, 1.82) is 0 Å². The SMILES string of the molecule is O=C(O)C1CCCCN1C(=O)CCn1ccnc1. The van der Waals surface area contributed by atoms with Crippen LogP contribution in [0.25, 0.3) is 0 Å². The van der Waals surface area contributed by atoms with Crippen LogP contribution in [-0.4, -0.2) is 44.0 Å². The number of carboxylic acid groups (broad SMARTS) is 1. The molecule has 0 spiro atoms. The lowest BCUT2D eigenvalue weighted by molar-refractivity contribution is -0.152. The molecule has 1 aromatic rings. The van der Waals surface area contributed by atoms with Gasteiger partial charge in [0, 0.05) is 31.9 Å². The number of hydrogen-bond acceptors (Lipinski definition) is 3. The Morgan fingerprint density at radius 1 is 1.39 bits per heavy atom. The summed E-state index contributed by atoms with van der Waals surface area (Å²) in [5.74, 6) is -0.985. The maximum atomic E-state index is 12.0. The van der Waals surface area contributed by atoms with Crippen molar-refractivity contribution in [2.75, 3.05) is 6.54 Å². The minimum atomic E-state index is -0.898. The zero-order chi connectivity index (χ0) is 13.0. The van der Waals surface area contributed by atoms with E-state index in [9.17, 15) is 9.59 Å². The quantitative estimate of drug-likeness (QED) is 0.856. The molecule has 98 valence electrons. The van der Waals surface area contributed by atoms with Gasteiger partial charge in [-0.1, -0.05) is 0 Å². The number of piperidine rings is 1. The molecule has 2 heterocycles. The van der Waals surface area contributed by atoms with Gasteiger partial charge in [0.15, 0.2) is 0 Å². The molecule has 18 heavy (non-hydrogen) atoms. The second-order valence-electron chi connectivity index (χ2n) is 4.49. The molecular formula is C12H17N3O3. The first-order chi connectivity index (χ1) is 8.68. The van der Waals surface area contributed by atoms with Crippen LogP contribution in [0.2, 0.25) is 0 Å². The summed E-state index contributed by atoms with van der Waals surface area (Å²) in [7, 11) is 0. The summed E-state index contributed by atoms with van der Waals surface area (Å²) in [6.07, 6.45) is 7.75. The average molecular weight is 251 g/mol. The monoisotopic (exact) mass is 251 g/mol. The van der Waals surface area contributed by atoms with E-state index in [2.05, 4.69) is 4.98 Å². The highest BCUT2D eigenvalue weighted by atomic mass is 16.4. The van der Waals surface area contributed by atoms with E-state index >= 15 is 0 Å². The fourth-order valence-corrected chi connectivity index (χ4v) is 2.27. The Labute approximate surface area is 105 Å². The van der Waals surface area contributed by atoms with Gasteiger partial charge in [0.25, 0.3) is 0 Å². The Morgan fingerprint density at radius 2 is 2.22 bits per heavy atom. The fourth-order valence-electron chi connectivity index (χ4n) is 2.27. The number of aryl methyl sites for hydroxylation is 1. The standard InChI is InChI=1S/C12H17N3O3/c16-11(4-7-14-8-5-13-9-14)15-6-2-1-3-10(15)12(17)18/h5,8-10H,1-4,6-7H2,(H,17,18). The third-order valence-corrected chi connectivity index (χ3v) is 3.25. The van der Waals surface area contributed by atoms with Gasteiger partial charge < -0.3 is 14.6 Å². The molecular weight excluding hydrogens is 234 g/mol. The summed E-state index contributed by atoms with van der Waals surface area (Å²) in [6, 6.07) is -0.644. The highest BCUT2D eigenvalue weighted by Gasteiger charge is 2.31. The summed E-state index contributed by atoms with van der Waals surface area (Å²) in [5.41, 5.74) is 0. The summed E-state index contributed by atoms with van der Waals surface area (Å²) >= 11 is 0. The van der Waals surface area contributed by atoms with Crippen molar-refractivity contribution in [2.45, 2.75) is 38.3 Å². The number of carbonyl (C=O) groups is 2. The highest BCUT2D eigenvalue weighted by Crippen LogP contribution is 2.18. The van der Waals surface area contributed by atoms with Crippen molar-refractivity contribution in [3.05, 3.63) is 18.7 Å². The van der Waals surface area contributed by atoms with Crippen LogP contribution in [0.5, 0.6) is 0 Å². The van der Waals surface area contributed by atoms with Crippen LogP contribution in [-0.2, 0) is 16.1 Å². The molecule has 0 radical (unpaired) electrons. The van der Waals surface area contributed by atoms with Gasteiger partial charge in [0.1, 0.15) is 6.04 Å². The lowest BCUT2D eigenvalue weighted by Gasteiger charge is -2.33. The van der Waals surface area contributed by atoms with E-state index in [1.54, 1.807) is 18.7 Å². The van der Waals surface area contributed by atoms with Crippen molar-refractivity contribution < 1.29 is 14.7 Å². The number of amides is 1. The van der Waals surface area contributed by atoms with Gasteiger partial charge in [-0.05, 0) is 19.3 Å². The van der Waals surface area contributed by atoms with Crippen molar-refractivity contribution in [1.82, 2.24) is 14.5 Å². The van der Waals surface area contributed by atoms with Gasteiger partial charge in [-0.15, -0.1) is 0 Å². The Morgan fingerprint density at radius 3 is 2.89 bits per heavy atom. The molecule has 1 unspecified atom stereocenters. The number of hydrogen-bond donors (Lipinski definition) is 1. The molecule has 1 aromatic heterocycles. The second kappa shape index (κ2) is 5.66.